The zero-order valence-corrected chi connectivity index (χ0v) is 13.0. The van der Waals surface area contributed by atoms with E-state index in [1.807, 2.05) is 18.7 Å². The highest BCUT2D eigenvalue weighted by molar-refractivity contribution is 8.00. The first-order valence-corrected chi connectivity index (χ1v) is 8.02. The molecule has 0 saturated heterocycles. The summed E-state index contributed by atoms with van der Waals surface area (Å²) < 4.78 is 0. The largest absolute Gasteiger partial charge is 0.389 e. The second kappa shape index (κ2) is 6.29. The average molecular weight is 279 g/mol. The third-order valence-electron chi connectivity index (χ3n) is 3.44. The molecule has 1 aromatic carbocycles. The van der Waals surface area contributed by atoms with Gasteiger partial charge in [-0.1, -0.05) is 32.0 Å². The summed E-state index contributed by atoms with van der Waals surface area (Å²) in [5, 5.41) is 14.3. The van der Waals surface area contributed by atoms with E-state index in [1.54, 1.807) is 0 Å². The Labute approximate surface area is 121 Å². The number of benzene rings is 1. The molecule has 2 nitrogen and oxygen atoms in total. The molecule has 106 valence electrons. The summed E-state index contributed by atoms with van der Waals surface area (Å²) in [5.74, 6) is 0.530. The van der Waals surface area contributed by atoms with E-state index in [2.05, 4.69) is 43.4 Å². The monoisotopic (exact) mass is 279 g/mol. The van der Waals surface area contributed by atoms with E-state index in [4.69, 9.17) is 0 Å². The van der Waals surface area contributed by atoms with Crippen LogP contribution in [0.1, 0.15) is 32.8 Å². The van der Waals surface area contributed by atoms with Crippen LogP contribution >= 0.6 is 11.8 Å². The van der Waals surface area contributed by atoms with Crippen molar-refractivity contribution in [1.29, 1.82) is 0 Å². The molecule has 0 aromatic heterocycles. The van der Waals surface area contributed by atoms with Crippen LogP contribution in [0, 0.1) is 5.92 Å². The van der Waals surface area contributed by atoms with Gasteiger partial charge in [0.05, 0.1) is 5.60 Å². The lowest BCUT2D eigenvalue weighted by atomic mass is 9.94. The van der Waals surface area contributed by atoms with Crippen LogP contribution in [0.4, 0.5) is 0 Å². The fourth-order valence-corrected chi connectivity index (χ4v) is 4.10. The molecule has 0 saturated carbocycles. The maximum Gasteiger partial charge on any atom is 0.0746 e. The van der Waals surface area contributed by atoms with Crippen molar-refractivity contribution in [2.24, 2.45) is 5.92 Å². The highest BCUT2D eigenvalue weighted by Crippen LogP contribution is 2.36. The summed E-state index contributed by atoms with van der Waals surface area (Å²) in [4.78, 5) is 1.42. The van der Waals surface area contributed by atoms with Gasteiger partial charge in [0.1, 0.15) is 0 Å². The van der Waals surface area contributed by atoms with Crippen molar-refractivity contribution in [1.82, 2.24) is 5.32 Å². The highest BCUT2D eigenvalue weighted by atomic mass is 32.2. The second-order valence-corrected chi connectivity index (χ2v) is 7.62. The van der Waals surface area contributed by atoms with Crippen molar-refractivity contribution in [3.8, 4) is 0 Å². The Bertz CT molecular complexity index is 392. The molecule has 1 aliphatic rings. The Hall–Kier alpha value is -0.510. The van der Waals surface area contributed by atoms with Gasteiger partial charge in [0, 0.05) is 23.2 Å². The summed E-state index contributed by atoms with van der Waals surface area (Å²) >= 11 is 1.96. The number of hydrogen-bond acceptors (Lipinski definition) is 3. The Morgan fingerprint density at radius 3 is 2.84 bits per heavy atom. The van der Waals surface area contributed by atoms with Gasteiger partial charge in [0.15, 0.2) is 0 Å². The van der Waals surface area contributed by atoms with Crippen molar-refractivity contribution in [3.63, 3.8) is 0 Å². The van der Waals surface area contributed by atoms with Gasteiger partial charge in [-0.15, -0.1) is 11.8 Å². The number of thioether (sulfide) groups is 1. The summed E-state index contributed by atoms with van der Waals surface area (Å²) in [6.07, 6.45) is 1.98. The Kier molecular flexibility index (Phi) is 4.93. The number of hydrogen-bond donors (Lipinski definition) is 2. The normalized spacial score (nSPS) is 21.4. The molecule has 0 radical (unpaired) electrons. The number of aliphatic hydroxyl groups is 1. The van der Waals surface area contributed by atoms with Gasteiger partial charge in [-0.3, -0.25) is 0 Å². The Morgan fingerprint density at radius 2 is 2.16 bits per heavy atom. The van der Waals surface area contributed by atoms with Gasteiger partial charge >= 0.3 is 0 Å². The molecule has 3 heteroatoms. The van der Waals surface area contributed by atoms with Gasteiger partial charge in [-0.05, 0) is 37.3 Å². The number of nitrogens with one attached hydrogen (secondary N) is 1. The Morgan fingerprint density at radius 1 is 1.42 bits per heavy atom. The highest BCUT2D eigenvalue weighted by Gasteiger charge is 2.24. The van der Waals surface area contributed by atoms with Crippen LogP contribution in [-0.2, 0) is 6.42 Å². The van der Waals surface area contributed by atoms with E-state index in [0.29, 0.717) is 17.7 Å². The summed E-state index contributed by atoms with van der Waals surface area (Å²) in [6.45, 7) is 7.87. The third kappa shape index (κ3) is 4.51. The molecule has 1 aromatic rings. The van der Waals surface area contributed by atoms with Crippen molar-refractivity contribution in [2.45, 2.75) is 49.4 Å². The molecule has 2 unspecified atom stereocenters. The minimum Gasteiger partial charge on any atom is -0.389 e. The zero-order valence-electron chi connectivity index (χ0n) is 12.1. The van der Waals surface area contributed by atoms with Gasteiger partial charge in [0.2, 0.25) is 0 Å². The first-order valence-electron chi connectivity index (χ1n) is 7.14. The van der Waals surface area contributed by atoms with E-state index >= 15 is 0 Å². The predicted octanol–water partition coefficient (Wildman–Crippen LogP) is 3.09. The van der Waals surface area contributed by atoms with Crippen molar-refractivity contribution >= 4 is 11.8 Å². The number of fused-ring (bicyclic) bond motifs is 1. The standard InChI is InChI=1S/C16H25NOS/c1-12(2)9-16(3,18)11-17-10-14-8-13-6-4-5-7-15(13)19-14/h4-7,12,14,17-18H,8-11H2,1-3H3. The van der Waals surface area contributed by atoms with Crippen molar-refractivity contribution < 1.29 is 5.11 Å². The van der Waals surface area contributed by atoms with E-state index in [1.165, 1.54) is 10.5 Å². The Balaban J connectivity index is 1.74. The molecule has 2 N–H and O–H groups in total. The lowest BCUT2D eigenvalue weighted by molar-refractivity contribution is 0.0389. The van der Waals surface area contributed by atoms with Crippen molar-refractivity contribution in [3.05, 3.63) is 29.8 Å². The molecular formula is C16H25NOS. The molecule has 2 atom stereocenters. The molecule has 0 spiro atoms. The topological polar surface area (TPSA) is 32.3 Å². The van der Waals surface area contributed by atoms with Gasteiger partial charge in [-0.2, -0.15) is 0 Å². The fourth-order valence-electron chi connectivity index (χ4n) is 2.82. The van der Waals surface area contributed by atoms with E-state index in [-0.39, 0.29) is 0 Å². The van der Waals surface area contributed by atoms with Crippen LogP contribution in [0.2, 0.25) is 0 Å². The first-order chi connectivity index (χ1) is 8.96. The maximum absolute atomic E-state index is 10.3. The zero-order chi connectivity index (χ0) is 13.9. The average Bonchev–Trinajstić information content (AvgIpc) is 2.69. The summed E-state index contributed by atoms with van der Waals surface area (Å²) in [5.41, 5.74) is 0.873. The van der Waals surface area contributed by atoms with Crippen LogP contribution in [0.3, 0.4) is 0 Å². The summed E-state index contributed by atoms with van der Waals surface area (Å²) in [6, 6.07) is 8.64. The van der Waals surface area contributed by atoms with Crippen LogP contribution in [-0.4, -0.2) is 29.0 Å². The van der Waals surface area contributed by atoms with Gasteiger partial charge in [-0.25, -0.2) is 0 Å². The molecule has 2 rings (SSSR count). The molecular weight excluding hydrogens is 254 g/mol. The molecule has 0 amide bonds. The molecule has 1 aliphatic heterocycles. The smallest absolute Gasteiger partial charge is 0.0746 e. The summed E-state index contributed by atoms with van der Waals surface area (Å²) in [7, 11) is 0. The van der Waals surface area contributed by atoms with Crippen LogP contribution in [0.15, 0.2) is 29.2 Å². The van der Waals surface area contributed by atoms with Crippen LogP contribution in [0.25, 0.3) is 0 Å². The molecule has 0 bridgehead atoms. The fraction of sp³-hybridized carbons (Fsp3) is 0.625. The lowest BCUT2D eigenvalue weighted by Gasteiger charge is -2.26. The molecule has 0 aliphatic carbocycles. The number of rotatable bonds is 6. The van der Waals surface area contributed by atoms with Gasteiger partial charge < -0.3 is 10.4 Å². The SMILES string of the molecule is CC(C)CC(C)(O)CNCC1Cc2ccccc2S1. The van der Waals surface area contributed by atoms with Gasteiger partial charge in [0.25, 0.3) is 0 Å². The second-order valence-electron chi connectivity index (χ2n) is 6.28. The predicted molar refractivity (Wildman–Crippen MR) is 82.7 cm³/mol. The molecule has 0 fully saturated rings. The van der Waals surface area contributed by atoms with E-state index in [9.17, 15) is 5.11 Å². The van der Waals surface area contributed by atoms with Crippen molar-refractivity contribution in [2.75, 3.05) is 13.1 Å². The first kappa shape index (κ1) is 14.9. The van der Waals surface area contributed by atoms with E-state index in [0.717, 1.165) is 19.4 Å². The van der Waals surface area contributed by atoms with Crippen LogP contribution < -0.4 is 5.32 Å². The lowest BCUT2D eigenvalue weighted by Crippen LogP contribution is -2.41. The maximum atomic E-state index is 10.3. The van der Waals surface area contributed by atoms with E-state index < -0.39 is 5.60 Å². The van der Waals surface area contributed by atoms with Crippen LogP contribution in [0.5, 0.6) is 0 Å². The minimum absolute atomic E-state index is 0.530. The minimum atomic E-state index is -0.593. The third-order valence-corrected chi connectivity index (χ3v) is 4.76. The molecule has 1 heterocycles. The molecule has 19 heavy (non-hydrogen) atoms. The quantitative estimate of drug-likeness (QED) is 0.839.